The summed E-state index contributed by atoms with van der Waals surface area (Å²) < 4.78 is 2.00. The number of carboxylic acid groups (broad SMARTS) is 2. The second-order valence-electron chi connectivity index (χ2n) is 6.35. The maximum absolute atomic E-state index is 8.89. The minimum absolute atomic E-state index is 0.972. The van der Waals surface area contributed by atoms with E-state index in [-0.39, 0.29) is 0 Å². The van der Waals surface area contributed by atoms with Crippen molar-refractivity contribution in [3.63, 3.8) is 0 Å². The van der Waals surface area contributed by atoms with Crippen molar-refractivity contribution in [3.8, 4) is 0 Å². The molecule has 0 aliphatic rings. The second kappa shape index (κ2) is 12.3. The minimum Gasteiger partial charge on any atom is -0.550 e. The van der Waals surface area contributed by atoms with Gasteiger partial charge in [-0.1, -0.05) is 0 Å². The third kappa shape index (κ3) is 2200. The summed E-state index contributed by atoms with van der Waals surface area (Å²) in [5, 5.41) is 17.8. The van der Waals surface area contributed by atoms with Crippen molar-refractivity contribution < 1.29 is 28.8 Å². The van der Waals surface area contributed by atoms with Crippen LogP contribution < -0.4 is 10.2 Å². The summed E-state index contributed by atoms with van der Waals surface area (Å²) in [6, 6.07) is 0. The number of quaternary nitrogens is 2. The molecule has 0 radical (unpaired) electrons. The SMILES string of the molecule is CC(=O)[O-].CC(=O)[O-].C[N+](C)(C)C.C[N+](C)(C)C. The second-order valence-corrected chi connectivity index (χ2v) is 6.35. The zero-order chi connectivity index (χ0) is 16.2. The molecule has 0 bridgehead atoms. The number of carbonyl (C=O) groups excluding carboxylic acids is 2. The Bertz CT molecular complexity index is 171. The maximum atomic E-state index is 8.89. The lowest BCUT2D eigenvalue weighted by atomic mass is 10.8. The van der Waals surface area contributed by atoms with Gasteiger partial charge in [-0.3, -0.25) is 0 Å². The van der Waals surface area contributed by atoms with Crippen LogP contribution in [0, 0.1) is 0 Å². The van der Waals surface area contributed by atoms with Gasteiger partial charge in [0.15, 0.2) is 0 Å². The van der Waals surface area contributed by atoms with Gasteiger partial charge in [-0.2, -0.15) is 0 Å². The van der Waals surface area contributed by atoms with E-state index in [1.807, 2.05) is 0 Å². The van der Waals surface area contributed by atoms with Crippen LogP contribution in [0.2, 0.25) is 0 Å². The van der Waals surface area contributed by atoms with Gasteiger partial charge in [-0.15, -0.1) is 0 Å². The third-order valence-electron chi connectivity index (χ3n) is 0. The highest BCUT2D eigenvalue weighted by Gasteiger charge is 1.88. The lowest BCUT2D eigenvalue weighted by Crippen LogP contribution is -2.27. The molecule has 0 rings (SSSR count). The molecule has 0 spiro atoms. The molecule has 0 heterocycles. The van der Waals surface area contributed by atoms with Crippen molar-refractivity contribution in [1.82, 2.24) is 0 Å². The van der Waals surface area contributed by atoms with Gasteiger partial charge in [0.2, 0.25) is 0 Å². The Morgan fingerprint density at radius 3 is 0.611 bits per heavy atom. The highest BCUT2D eigenvalue weighted by atomic mass is 16.4. The van der Waals surface area contributed by atoms with Crippen molar-refractivity contribution in [3.05, 3.63) is 0 Å². The minimum atomic E-state index is -1.08. The number of carboxylic acids is 2. The molecule has 0 aromatic rings. The highest BCUT2D eigenvalue weighted by Crippen LogP contribution is 1.74. The van der Waals surface area contributed by atoms with Crippen LogP contribution in [0.4, 0.5) is 0 Å². The molecule has 6 nitrogen and oxygen atoms in total. The monoisotopic (exact) mass is 266 g/mol. The lowest BCUT2D eigenvalue weighted by Gasteiger charge is -2.14. The molecule has 0 aliphatic carbocycles. The van der Waals surface area contributed by atoms with E-state index in [9.17, 15) is 0 Å². The average molecular weight is 266 g/mol. The lowest BCUT2D eigenvalue weighted by molar-refractivity contribution is -0.849. The van der Waals surface area contributed by atoms with E-state index in [0.29, 0.717) is 0 Å². The number of hydrogen-bond acceptors (Lipinski definition) is 4. The third-order valence-corrected chi connectivity index (χ3v) is 0. The van der Waals surface area contributed by atoms with Crippen molar-refractivity contribution in [2.45, 2.75) is 13.8 Å². The van der Waals surface area contributed by atoms with Crippen molar-refractivity contribution >= 4 is 11.9 Å². The van der Waals surface area contributed by atoms with Crippen LogP contribution in [-0.2, 0) is 9.59 Å². The van der Waals surface area contributed by atoms with Gasteiger partial charge in [-0.05, 0) is 13.8 Å². The standard InChI is InChI=1S/2C4H12N.2C2H4O2/c2*1-5(2,3)4;2*1-2(3)4/h2*1-4H3;2*1H3,(H,3,4)/q2*+1;;/p-2. The van der Waals surface area contributed by atoms with Crippen LogP contribution in [0.25, 0.3) is 0 Å². The summed E-state index contributed by atoms with van der Waals surface area (Å²) in [5.74, 6) is -2.17. The van der Waals surface area contributed by atoms with Gasteiger partial charge in [0.1, 0.15) is 0 Å². The molecule has 0 N–H and O–H groups in total. The summed E-state index contributed by atoms with van der Waals surface area (Å²) in [5.41, 5.74) is 0. The molecular formula is C12H30N2O4. The number of rotatable bonds is 0. The van der Waals surface area contributed by atoms with E-state index >= 15 is 0 Å². The summed E-state index contributed by atoms with van der Waals surface area (Å²) >= 11 is 0. The first-order valence-electron chi connectivity index (χ1n) is 5.39. The first kappa shape index (κ1) is 25.6. The molecule has 0 unspecified atom stereocenters. The molecule has 0 fully saturated rings. The van der Waals surface area contributed by atoms with Crippen LogP contribution >= 0.6 is 0 Å². The highest BCUT2D eigenvalue weighted by molar-refractivity contribution is 5.60. The fourth-order valence-corrected chi connectivity index (χ4v) is 0. The summed E-state index contributed by atoms with van der Waals surface area (Å²) in [4.78, 5) is 17.8. The zero-order valence-corrected chi connectivity index (χ0v) is 13.5. The molecule has 0 aliphatic heterocycles. The van der Waals surface area contributed by atoms with Crippen LogP contribution in [-0.4, -0.2) is 77.3 Å². The van der Waals surface area contributed by atoms with Gasteiger partial charge in [0.25, 0.3) is 0 Å². The summed E-state index contributed by atoms with van der Waals surface area (Å²) in [7, 11) is 17.0. The van der Waals surface area contributed by atoms with E-state index < -0.39 is 11.9 Å². The average Bonchev–Trinajstić information content (AvgIpc) is 1.70. The zero-order valence-electron chi connectivity index (χ0n) is 13.5. The van der Waals surface area contributed by atoms with E-state index in [0.717, 1.165) is 22.8 Å². The number of hydrogen-bond donors (Lipinski definition) is 0. The Labute approximate surface area is 112 Å². The van der Waals surface area contributed by atoms with Crippen LogP contribution in [0.5, 0.6) is 0 Å². The summed E-state index contributed by atoms with van der Waals surface area (Å²) in [6.07, 6.45) is 0. The fourth-order valence-electron chi connectivity index (χ4n) is 0. The van der Waals surface area contributed by atoms with Gasteiger partial charge >= 0.3 is 0 Å². The smallest absolute Gasteiger partial charge is 0.0675 e. The van der Waals surface area contributed by atoms with Crippen molar-refractivity contribution in [2.24, 2.45) is 0 Å². The van der Waals surface area contributed by atoms with Gasteiger partial charge in [0.05, 0.1) is 56.4 Å². The number of carbonyl (C=O) groups is 2. The Balaban J connectivity index is -0.0000000731. The first-order valence-corrected chi connectivity index (χ1v) is 5.39. The van der Waals surface area contributed by atoms with Crippen molar-refractivity contribution in [2.75, 3.05) is 56.4 Å². The molecule has 0 saturated carbocycles. The molecule has 0 aromatic carbocycles. The van der Waals surface area contributed by atoms with Crippen molar-refractivity contribution in [1.29, 1.82) is 0 Å². The predicted molar refractivity (Wildman–Crippen MR) is 69.3 cm³/mol. The molecular weight excluding hydrogens is 236 g/mol. The molecule has 0 aromatic heterocycles. The van der Waals surface area contributed by atoms with E-state index in [4.69, 9.17) is 19.8 Å². The Kier molecular flexibility index (Phi) is 17.6. The quantitative estimate of drug-likeness (QED) is 0.482. The molecule has 0 amide bonds. The van der Waals surface area contributed by atoms with E-state index in [2.05, 4.69) is 56.4 Å². The number of aliphatic carboxylic acids is 2. The van der Waals surface area contributed by atoms with E-state index in [1.54, 1.807) is 0 Å². The maximum Gasteiger partial charge on any atom is 0.0675 e. The normalized spacial score (nSPS) is 9.44. The molecule has 6 heteroatoms. The molecule has 112 valence electrons. The fraction of sp³-hybridized carbons (Fsp3) is 0.833. The Morgan fingerprint density at radius 2 is 0.611 bits per heavy atom. The van der Waals surface area contributed by atoms with E-state index in [1.165, 1.54) is 0 Å². The van der Waals surface area contributed by atoms with Crippen LogP contribution in [0.1, 0.15) is 13.8 Å². The topological polar surface area (TPSA) is 80.3 Å². The number of nitrogens with zero attached hydrogens (tertiary/aromatic N) is 2. The Hall–Kier alpha value is -1.14. The van der Waals surface area contributed by atoms with Crippen LogP contribution in [0.15, 0.2) is 0 Å². The summed E-state index contributed by atoms with van der Waals surface area (Å²) in [6.45, 7) is 1.94. The Morgan fingerprint density at radius 1 is 0.611 bits per heavy atom. The first-order chi connectivity index (χ1) is 7.46. The van der Waals surface area contributed by atoms with Crippen LogP contribution in [0.3, 0.4) is 0 Å². The predicted octanol–water partition coefficient (Wildman–Crippen LogP) is -1.84. The molecule has 18 heavy (non-hydrogen) atoms. The molecule has 0 saturated heterocycles. The molecule has 0 atom stereocenters. The van der Waals surface area contributed by atoms with Gasteiger partial charge in [0, 0.05) is 11.9 Å². The van der Waals surface area contributed by atoms with Gasteiger partial charge < -0.3 is 28.8 Å². The van der Waals surface area contributed by atoms with Gasteiger partial charge in [-0.25, -0.2) is 0 Å². The largest absolute Gasteiger partial charge is 0.550 e.